The second kappa shape index (κ2) is 8.20. The van der Waals surface area contributed by atoms with Gasteiger partial charge in [-0.3, -0.25) is 9.36 Å². The smallest absolute Gasteiger partial charge is 0.266 e. The predicted octanol–water partition coefficient (Wildman–Crippen LogP) is 4.79. The molecular weight excluding hydrogens is 342 g/mol. The lowest BCUT2D eigenvalue weighted by molar-refractivity contribution is 0.800. The molecule has 0 radical (unpaired) electrons. The van der Waals surface area contributed by atoms with Crippen molar-refractivity contribution in [2.45, 2.75) is 38.3 Å². The highest BCUT2D eigenvalue weighted by Gasteiger charge is 2.15. The number of para-hydroxylation sites is 1. The Kier molecular flexibility index (Phi) is 5.75. The molecule has 0 bridgehead atoms. The number of hydrogen-bond donors (Lipinski definition) is 0. The van der Waals surface area contributed by atoms with Gasteiger partial charge in [-0.25, -0.2) is 4.98 Å². The third-order valence-electron chi connectivity index (χ3n) is 4.48. The number of nitriles is 1. The highest BCUT2D eigenvalue weighted by Crippen LogP contribution is 2.25. The van der Waals surface area contributed by atoms with Gasteiger partial charge in [0.05, 0.1) is 22.7 Å². The van der Waals surface area contributed by atoms with Crippen molar-refractivity contribution in [3.05, 3.63) is 63.9 Å². The first-order chi connectivity index (χ1) is 12.6. The van der Waals surface area contributed by atoms with Gasteiger partial charge in [0.1, 0.15) is 0 Å². The first-order valence-corrected chi connectivity index (χ1v) is 9.70. The number of nitrogens with zero attached hydrogens (tertiary/aromatic N) is 3. The maximum absolute atomic E-state index is 13.2. The molecule has 0 saturated carbocycles. The van der Waals surface area contributed by atoms with E-state index >= 15 is 0 Å². The molecule has 0 saturated heterocycles. The molecule has 26 heavy (non-hydrogen) atoms. The van der Waals surface area contributed by atoms with E-state index in [0.717, 1.165) is 40.9 Å². The largest absolute Gasteiger partial charge is 0.268 e. The highest BCUT2D eigenvalue weighted by molar-refractivity contribution is 7.99. The predicted molar refractivity (Wildman–Crippen MR) is 107 cm³/mol. The van der Waals surface area contributed by atoms with Gasteiger partial charge in [-0.05, 0) is 56.0 Å². The van der Waals surface area contributed by atoms with Crippen molar-refractivity contribution >= 4 is 22.7 Å². The zero-order valence-corrected chi connectivity index (χ0v) is 15.8. The summed E-state index contributed by atoms with van der Waals surface area (Å²) in [6, 6.07) is 15.6. The minimum atomic E-state index is -0.0381. The summed E-state index contributed by atoms with van der Waals surface area (Å²) in [6.45, 7) is 4.08. The van der Waals surface area contributed by atoms with Gasteiger partial charge in [0.2, 0.25) is 0 Å². The molecule has 0 spiro atoms. The average molecular weight is 363 g/mol. The molecule has 3 rings (SSSR count). The van der Waals surface area contributed by atoms with Crippen LogP contribution in [0.1, 0.15) is 30.4 Å². The lowest BCUT2D eigenvalue weighted by atomic mass is 10.1. The summed E-state index contributed by atoms with van der Waals surface area (Å²) in [5.74, 6) is 0.831. The van der Waals surface area contributed by atoms with Gasteiger partial charge in [0.15, 0.2) is 5.16 Å². The summed E-state index contributed by atoms with van der Waals surface area (Å²) in [4.78, 5) is 18.0. The van der Waals surface area contributed by atoms with Crippen LogP contribution in [0.5, 0.6) is 0 Å². The fraction of sp³-hybridized carbons (Fsp3) is 0.286. The number of aromatic nitrogens is 2. The van der Waals surface area contributed by atoms with Crippen molar-refractivity contribution in [2.24, 2.45) is 0 Å². The standard InChI is InChI=1S/C21H21N3OS/c1-15-9-8-12-19(16(15)2)24-20(25)17-10-4-5-11-18(17)23-21(24)26-14-7-3-6-13-22/h4-5,8-12H,3,6-7,14H2,1-2H3. The number of unbranched alkanes of at least 4 members (excludes halogenated alkanes) is 2. The molecule has 1 heterocycles. The Balaban J connectivity index is 2.11. The molecule has 2 aromatic carbocycles. The topological polar surface area (TPSA) is 58.7 Å². The molecule has 0 aliphatic heterocycles. The Morgan fingerprint density at radius 3 is 2.73 bits per heavy atom. The second-order valence-corrected chi connectivity index (χ2v) is 7.30. The highest BCUT2D eigenvalue weighted by atomic mass is 32.2. The van der Waals surface area contributed by atoms with Crippen molar-refractivity contribution in [1.82, 2.24) is 9.55 Å². The van der Waals surface area contributed by atoms with Gasteiger partial charge in [-0.1, -0.05) is 36.0 Å². The van der Waals surface area contributed by atoms with E-state index in [-0.39, 0.29) is 5.56 Å². The van der Waals surface area contributed by atoms with Gasteiger partial charge < -0.3 is 0 Å². The first-order valence-electron chi connectivity index (χ1n) is 8.71. The Labute approximate surface area is 157 Å². The van der Waals surface area contributed by atoms with Gasteiger partial charge in [0.25, 0.3) is 5.56 Å². The molecule has 132 valence electrons. The second-order valence-electron chi connectivity index (χ2n) is 6.23. The van der Waals surface area contributed by atoms with E-state index < -0.39 is 0 Å². The van der Waals surface area contributed by atoms with Crippen LogP contribution in [0.25, 0.3) is 16.6 Å². The van der Waals surface area contributed by atoms with Crippen molar-refractivity contribution < 1.29 is 0 Å². The number of rotatable bonds is 6. The van der Waals surface area contributed by atoms with E-state index in [0.29, 0.717) is 17.0 Å². The van der Waals surface area contributed by atoms with E-state index in [4.69, 9.17) is 10.2 Å². The van der Waals surface area contributed by atoms with Crippen molar-refractivity contribution in [3.8, 4) is 11.8 Å². The third-order valence-corrected chi connectivity index (χ3v) is 5.50. The summed E-state index contributed by atoms with van der Waals surface area (Å²) < 4.78 is 1.74. The quantitative estimate of drug-likeness (QED) is 0.359. The summed E-state index contributed by atoms with van der Waals surface area (Å²) in [5.41, 5.74) is 3.79. The maximum Gasteiger partial charge on any atom is 0.266 e. The van der Waals surface area contributed by atoms with Gasteiger partial charge in [0, 0.05) is 12.2 Å². The average Bonchev–Trinajstić information content (AvgIpc) is 2.65. The van der Waals surface area contributed by atoms with Crippen LogP contribution in [-0.4, -0.2) is 15.3 Å². The molecular formula is C21H21N3OS. The van der Waals surface area contributed by atoms with E-state index in [2.05, 4.69) is 6.07 Å². The molecule has 0 N–H and O–H groups in total. The van der Waals surface area contributed by atoms with Crippen LogP contribution in [0.3, 0.4) is 0 Å². The summed E-state index contributed by atoms with van der Waals surface area (Å²) >= 11 is 1.58. The number of hydrogen-bond acceptors (Lipinski definition) is 4. The molecule has 1 aromatic heterocycles. The minimum absolute atomic E-state index is 0.0381. The van der Waals surface area contributed by atoms with Crippen LogP contribution >= 0.6 is 11.8 Å². The van der Waals surface area contributed by atoms with Crippen molar-refractivity contribution in [2.75, 3.05) is 5.75 Å². The fourth-order valence-corrected chi connectivity index (χ4v) is 3.87. The minimum Gasteiger partial charge on any atom is -0.268 e. The third kappa shape index (κ3) is 3.66. The Hall–Kier alpha value is -2.58. The van der Waals surface area contributed by atoms with Crippen LogP contribution in [0.4, 0.5) is 0 Å². The first kappa shape index (κ1) is 18.2. The van der Waals surface area contributed by atoms with Crippen molar-refractivity contribution in [3.63, 3.8) is 0 Å². The van der Waals surface area contributed by atoms with Crippen LogP contribution < -0.4 is 5.56 Å². The Morgan fingerprint density at radius 1 is 1.12 bits per heavy atom. The van der Waals surface area contributed by atoms with Crippen LogP contribution in [-0.2, 0) is 0 Å². The molecule has 0 fully saturated rings. The molecule has 0 aliphatic carbocycles. The van der Waals surface area contributed by atoms with E-state index in [1.54, 1.807) is 16.3 Å². The molecule has 0 unspecified atom stereocenters. The number of thioether (sulfide) groups is 1. The van der Waals surface area contributed by atoms with Crippen LogP contribution in [0.2, 0.25) is 0 Å². The summed E-state index contributed by atoms with van der Waals surface area (Å²) in [6.07, 6.45) is 2.36. The van der Waals surface area contributed by atoms with E-state index in [9.17, 15) is 4.79 Å². The fourth-order valence-electron chi connectivity index (χ4n) is 2.87. The monoisotopic (exact) mass is 363 g/mol. The van der Waals surface area contributed by atoms with Crippen molar-refractivity contribution in [1.29, 1.82) is 5.26 Å². The molecule has 5 heteroatoms. The van der Waals surface area contributed by atoms with Gasteiger partial charge in [-0.2, -0.15) is 5.26 Å². The number of fused-ring (bicyclic) bond motifs is 1. The Bertz CT molecular complexity index is 1030. The molecule has 0 atom stereocenters. The summed E-state index contributed by atoms with van der Waals surface area (Å²) in [5, 5.41) is 10.0. The van der Waals surface area contributed by atoms with Gasteiger partial charge in [-0.15, -0.1) is 0 Å². The van der Waals surface area contributed by atoms with Gasteiger partial charge >= 0.3 is 0 Å². The van der Waals surface area contributed by atoms with Crippen LogP contribution in [0, 0.1) is 25.2 Å². The number of benzene rings is 2. The molecule has 0 aliphatic rings. The number of aryl methyl sites for hydroxylation is 1. The zero-order valence-electron chi connectivity index (χ0n) is 15.0. The normalized spacial score (nSPS) is 10.8. The molecule has 4 nitrogen and oxygen atoms in total. The molecule has 3 aromatic rings. The lowest BCUT2D eigenvalue weighted by Gasteiger charge is -2.16. The Morgan fingerprint density at radius 2 is 1.92 bits per heavy atom. The molecule has 0 amide bonds. The maximum atomic E-state index is 13.2. The van der Waals surface area contributed by atoms with E-state index in [1.165, 1.54) is 0 Å². The SMILES string of the molecule is Cc1cccc(-n2c(SCCCCC#N)nc3ccccc3c2=O)c1C. The van der Waals surface area contributed by atoms with Crippen LogP contribution in [0.15, 0.2) is 52.4 Å². The zero-order chi connectivity index (χ0) is 18.5. The van der Waals surface area contributed by atoms with E-state index in [1.807, 2.05) is 56.3 Å². The summed E-state index contributed by atoms with van der Waals surface area (Å²) in [7, 11) is 0. The lowest BCUT2D eigenvalue weighted by Crippen LogP contribution is -2.22.